The molecule has 9 nitrogen and oxygen atoms in total. The fraction of sp³-hybridized carbons (Fsp3) is 0.524. The number of pyridine rings is 1. The first-order valence-corrected chi connectivity index (χ1v) is 10.5. The third-order valence-electron chi connectivity index (χ3n) is 5.60. The average Bonchev–Trinajstić information content (AvgIpc) is 3.41. The van der Waals surface area contributed by atoms with Crippen LogP contribution in [0, 0.1) is 0 Å². The molecule has 0 unspecified atom stereocenters. The highest BCUT2D eigenvalue weighted by molar-refractivity contribution is 14.0. The van der Waals surface area contributed by atoms with Crippen LogP contribution in [0.25, 0.3) is 0 Å². The summed E-state index contributed by atoms with van der Waals surface area (Å²) < 4.78 is 7.83. The maximum Gasteiger partial charge on any atom is 0.246 e. The number of halogens is 1. The average molecular weight is 539 g/mol. The number of nitrogens with one attached hydrogen (secondary N) is 1. The molecule has 2 aliphatic rings. The number of carbonyl (C=O) groups excluding carboxylic acids is 1. The molecule has 1 amide bonds. The minimum absolute atomic E-state index is 0. The fourth-order valence-electron chi connectivity index (χ4n) is 4.01. The zero-order valence-corrected chi connectivity index (χ0v) is 20.4. The van der Waals surface area contributed by atoms with Gasteiger partial charge in [-0.3, -0.25) is 14.5 Å². The zero-order chi connectivity index (χ0) is 20.9. The molecule has 0 radical (unpaired) electrons. The Labute approximate surface area is 199 Å². The van der Waals surface area contributed by atoms with E-state index in [9.17, 15) is 4.79 Å². The number of guanidine groups is 1. The molecule has 0 aromatic carbocycles. The van der Waals surface area contributed by atoms with E-state index >= 15 is 0 Å². The van der Waals surface area contributed by atoms with Crippen molar-refractivity contribution in [3.8, 4) is 5.88 Å². The highest BCUT2D eigenvalue weighted by Gasteiger charge is 2.28. The van der Waals surface area contributed by atoms with Crippen LogP contribution in [0.5, 0.6) is 5.88 Å². The molecule has 0 spiro atoms. The Morgan fingerprint density at radius 2 is 2.13 bits per heavy atom. The van der Waals surface area contributed by atoms with Crippen molar-refractivity contribution in [3.05, 3.63) is 36.3 Å². The molecule has 2 aromatic heterocycles. The van der Waals surface area contributed by atoms with Crippen molar-refractivity contribution in [1.82, 2.24) is 25.0 Å². The van der Waals surface area contributed by atoms with E-state index in [0.717, 1.165) is 24.1 Å². The summed E-state index contributed by atoms with van der Waals surface area (Å²) in [7, 11) is 3.58. The summed E-state index contributed by atoms with van der Waals surface area (Å²) in [4.78, 5) is 25.2. The maximum absolute atomic E-state index is 12.7. The van der Waals surface area contributed by atoms with E-state index in [-0.39, 0.29) is 42.5 Å². The summed E-state index contributed by atoms with van der Waals surface area (Å²) in [6.45, 7) is 2.10. The number of amides is 1. The van der Waals surface area contributed by atoms with Crippen molar-refractivity contribution in [2.24, 2.45) is 12.0 Å². The fourth-order valence-corrected chi connectivity index (χ4v) is 4.01. The molecule has 2 fully saturated rings. The number of piperazine rings is 1. The molecule has 1 aliphatic heterocycles. The lowest BCUT2D eigenvalue weighted by Crippen LogP contribution is -2.55. The summed E-state index contributed by atoms with van der Waals surface area (Å²) in [6.07, 6.45) is 10.2. The minimum Gasteiger partial charge on any atom is -0.474 e. The van der Waals surface area contributed by atoms with E-state index in [4.69, 9.17) is 4.74 Å². The molecule has 1 saturated heterocycles. The highest BCUT2D eigenvalue weighted by atomic mass is 127. The van der Waals surface area contributed by atoms with Crippen LogP contribution < -0.4 is 15.0 Å². The molecule has 0 atom stereocenters. The lowest BCUT2D eigenvalue weighted by atomic mass is 10.2. The van der Waals surface area contributed by atoms with Crippen LogP contribution in [0.1, 0.15) is 31.2 Å². The van der Waals surface area contributed by atoms with Crippen LogP contribution in [-0.4, -0.2) is 64.3 Å². The predicted octanol–water partition coefficient (Wildman–Crippen LogP) is 2.18. The Bertz CT molecular complexity index is 911. The van der Waals surface area contributed by atoms with Crippen molar-refractivity contribution >= 4 is 41.5 Å². The number of hydrogen-bond acceptors (Lipinski definition) is 5. The van der Waals surface area contributed by atoms with Gasteiger partial charge in [0.2, 0.25) is 11.8 Å². The molecule has 1 saturated carbocycles. The number of carbonyl (C=O) groups is 1. The van der Waals surface area contributed by atoms with Crippen LogP contribution in [-0.2, 0) is 18.4 Å². The summed E-state index contributed by atoms with van der Waals surface area (Å²) in [5.41, 5.74) is 1.82. The van der Waals surface area contributed by atoms with Gasteiger partial charge in [-0.1, -0.05) is 6.07 Å². The van der Waals surface area contributed by atoms with Gasteiger partial charge in [0.15, 0.2) is 5.96 Å². The number of aryl methyl sites for hydroxylation is 1. The van der Waals surface area contributed by atoms with Gasteiger partial charge in [-0.05, 0) is 31.7 Å². The third-order valence-corrected chi connectivity index (χ3v) is 5.60. The molecule has 3 heterocycles. The Balaban J connectivity index is 0.00000272. The number of rotatable bonds is 5. The van der Waals surface area contributed by atoms with Crippen LogP contribution >= 0.6 is 24.0 Å². The van der Waals surface area contributed by atoms with Gasteiger partial charge in [0.05, 0.1) is 11.9 Å². The quantitative estimate of drug-likeness (QED) is 0.356. The number of nitrogens with zero attached hydrogens (tertiary/aromatic N) is 6. The van der Waals surface area contributed by atoms with E-state index in [1.807, 2.05) is 30.3 Å². The SMILES string of the molecule is CN=C(NCc1cccnc1OC1CCCC1)N1CCN(c2cnn(C)c2)C(=O)C1.I. The maximum atomic E-state index is 12.7. The standard InChI is InChI=1S/C21H29N7O2.HI/c1-22-21(27-10-11-28(19(29)15-27)17-13-25-26(2)14-17)24-12-16-6-5-9-23-20(16)30-18-7-3-4-8-18;/h5-6,9,13-14,18H,3-4,7-8,10-12,15H2,1-2H3,(H,22,24);1H. The Morgan fingerprint density at radius 1 is 1.32 bits per heavy atom. The zero-order valence-electron chi connectivity index (χ0n) is 18.0. The van der Waals surface area contributed by atoms with Gasteiger partial charge in [-0.25, -0.2) is 4.98 Å². The Kier molecular flexibility index (Phi) is 8.10. The molecule has 4 rings (SSSR count). The normalized spacial score (nSPS) is 17.6. The van der Waals surface area contributed by atoms with Crippen molar-refractivity contribution < 1.29 is 9.53 Å². The second-order valence-corrected chi connectivity index (χ2v) is 7.73. The first-order valence-electron chi connectivity index (χ1n) is 10.5. The second-order valence-electron chi connectivity index (χ2n) is 7.73. The molecule has 1 aliphatic carbocycles. The molecular formula is C21H30IN7O2. The molecule has 1 N–H and O–H groups in total. The third kappa shape index (κ3) is 5.66. The van der Waals surface area contributed by atoms with E-state index < -0.39 is 0 Å². The molecule has 168 valence electrons. The van der Waals surface area contributed by atoms with Crippen molar-refractivity contribution in [3.63, 3.8) is 0 Å². The van der Waals surface area contributed by atoms with Crippen molar-refractivity contribution in [2.75, 3.05) is 31.6 Å². The van der Waals surface area contributed by atoms with E-state index in [0.29, 0.717) is 31.5 Å². The summed E-state index contributed by atoms with van der Waals surface area (Å²) >= 11 is 0. The van der Waals surface area contributed by atoms with Crippen molar-refractivity contribution in [2.45, 2.75) is 38.3 Å². The predicted molar refractivity (Wildman–Crippen MR) is 130 cm³/mol. The molecular weight excluding hydrogens is 509 g/mol. The monoisotopic (exact) mass is 539 g/mol. The van der Waals surface area contributed by atoms with Gasteiger partial charge in [-0.15, -0.1) is 24.0 Å². The van der Waals surface area contributed by atoms with Gasteiger partial charge in [-0.2, -0.15) is 5.10 Å². The second kappa shape index (κ2) is 10.8. The summed E-state index contributed by atoms with van der Waals surface area (Å²) in [5.74, 6) is 1.42. The molecule has 2 aromatic rings. The lowest BCUT2D eigenvalue weighted by Gasteiger charge is -2.35. The number of aromatic nitrogens is 3. The lowest BCUT2D eigenvalue weighted by molar-refractivity contribution is -0.120. The minimum atomic E-state index is 0. The number of hydrogen-bond donors (Lipinski definition) is 1. The first kappa shape index (κ1) is 23.3. The Morgan fingerprint density at radius 3 is 2.81 bits per heavy atom. The molecule has 10 heteroatoms. The van der Waals surface area contributed by atoms with Gasteiger partial charge < -0.3 is 19.9 Å². The van der Waals surface area contributed by atoms with Crippen molar-refractivity contribution in [1.29, 1.82) is 0 Å². The topological polar surface area (TPSA) is 87.9 Å². The van der Waals surface area contributed by atoms with Gasteiger partial charge in [0.1, 0.15) is 12.6 Å². The number of anilines is 1. The Hall–Kier alpha value is -2.37. The van der Waals surface area contributed by atoms with Gasteiger partial charge in [0.25, 0.3) is 0 Å². The van der Waals surface area contributed by atoms with Crippen LogP contribution in [0.15, 0.2) is 35.7 Å². The van der Waals surface area contributed by atoms with E-state index in [1.54, 1.807) is 29.0 Å². The van der Waals surface area contributed by atoms with Crippen LogP contribution in [0.2, 0.25) is 0 Å². The number of aliphatic imine (C=N–C) groups is 1. The summed E-state index contributed by atoms with van der Waals surface area (Å²) in [5, 5.41) is 7.53. The van der Waals surface area contributed by atoms with Gasteiger partial charge in [0, 0.05) is 51.7 Å². The van der Waals surface area contributed by atoms with E-state index in [1.165, 1.54) is 12.8 Å². The van der Waals surface area contributed by atoms with Crippen LogP contribution in [0.3, 0.4) is 0 Å². The summed E-state index contributed by atoms with van der Waals surface area (Å²) in [6, 6.07) is 3.93. The number of ether oxygens (including phenoxy) is 1. The largest absolute Gasteiger partial charge is 0.474 e. The highest BCUT2D eigenvalue weighted by Crippen LogP contribution is 2.25. The van der Waals surface area contributed by atoms with Crippen LogP contribution in [0.4, 0.5) is 5.69 Å². The van der Waals surface area contributed by atoms with E-state index in [2.05, 4.69) is 20.4 Å². The van der Waals surface area contributed by atoms with Gasteiger partial charge >= 0.3 is 0 Å². The molecule has 31 heavy (non-hydrogen) atoms. The molecule has 0 bridgehead atoms. The first-order chi connectivity index (χ1) is 14.6. The smallest absolute Gasteiger partial charge is 0.246 e.